The molecule has 0 saturated carbocycles. The summed E-state index contributed by atoms with van der Waals surface area (Å²) in [7, 11) is -0.924. The molecule has 0 atom stereocenters. The fraction of sp³-hybridized carbons (Fsp3) is 0.789. The van der Waals surface area contributed by atoms with E-state index in [9.17, 15) is 0 Å². The van der Waals surface area contributed by atoms with Crippen LogP contribution < -0.4 is 0 Å². The van der Waals surface area contributed by atoms with Crippen LogP contribution in [0.1, 0.15) is 33.6 Å². The third-order valence-corrected chi connectivity index (χ3v) is 9.97. The first-order valence-electron chi connectivity index (χ1n) is 9.90. The Morgan fingerprint density at radius 2 is 1.11 bits per heavy atom. The Labute approximate surface area is 174 Å². The molecule has 0 aliphatic carbocycles. The second-order valence-corrected chi connectivity index (χ2v) is 12.1. The molecule has 0 amide bonds. The standard InChI is InChI=1S/C11H24O4Si.C8H18O3Si/c1-5-12-10-9-11-16(13-6-2,14-7-3)15-8-4;1-5-11-7-6-8-12(4,9-2)10-3/h5H,1,6-11H2,2-4H3;5H,1,6-8H2,2-4H3. The molecule has 0 saturated heterocycles. The molecule has 0 fully saturated rings. The molecule has 0 N–H and O–H groups in total. The third-order valence-electron chi connectivity index (χ3n) is 3.83. The predicted octanol–water partition coefficient (Wildman–Crippen LogP) is 4.49. The molecule has 7 nitrogen and oxygen atoms in total. The molecule has 0 rings (SSSR count). The van der Waals surface area contributed by atoms with Gasteiger partial charge in [-0.05, 0) is 46.2 Å². The van der Waals surface area contributed by atoms with Crippen LogP contribution in [0.3, 0.4) is 0 Å². The summed E-state index contributed by atoms with van der Waals surface area (Å²) < 4.78 is 37.8. The highest BCUT2D eigenvalue weighted by Gasteiger charge is 2.39. The van der Waals surface area contributed by atoms with E-state index in [1.54, 1.807) is 14.2 Å². The highest BCUT2D eigenvalue weighted by Crippen LogP contribution is 2.18. The molecule has 28 heavy (non-hydrogen) atoms. The van der Waals surface area contributed by atoms with Gasteiger partial charge in [0, 0.05) is 40.1 Å². The normalized spacial score (nSPS) is 11.4. The smallest absolute Gasteiger partial charge is 0.501 e. The Balaban J connectivity index is 0. The predicted molar refractivity (Wildman–Crippen MR) is 117 cm³/mol. The van der Waals surface area contributed by atoms with Crippen molar-refractivity contribution in [2.24, 2.45) is 0 Å². The first-order chi connectivity index (χ1) is 13.4. The van der Waals surface area contributed by atoms with Gasteiger partial charge >= 0.3 is 17.4 Å². The van der Waals surface area contributed by atoms with Crippen molar-refractivity contribution >= 4 is 17.4 Å². The first kappa shape index (κ1) is 29.5. The van der Waals surface area contributed by atoms with Crippen molar-refractivity contribution in [2.75, 3.05) is 47.3 Å². The van der Waals surface area contributed by atoms with Gasteiger partial charge < -0.3 is 31.6 Å². The van der Waals surface area contributed by atoms with Crippen molar-refractivity contribution in [1.82, 2.24) is 0 Å². The largest absolute Gasteiger partial charge is 0.502 e. The van der Waals surface area contributed by atoms with Crippen LogP contribution in [-0.4, -0.2) is 64.6 Å². The van der Waals surface area contributed by atoms with Crippen molar-refractivity contribution in [2.45, 2.75) is 52.2 Å². The summed E-state index contributed by atoms with van der Waals surface area (Å²) in [6.45, 7) is 18.1. The zero-order chi connectivity index (χ0) is 21.7. The number of hydrogen-bond acceptors (Lipinski definition) is 7. The van der Waals surface area contributed by atoms with E-state index < -0.39 is 17.4 Å². The van der Waals surface area contributed by atoms with E-state index in [0.29, 0.717) is 33.0 Å². The molecule has 9 heteroatoms. The maximum Gasteiger partial charge on any atom is 0.501 e. The fourth-order valence-corrected chi connectivity index (χ4v) is 6.25. The summed E-state index contributed by atoms with van der Waals surface area (Å²) in [6.07, 6.45) is 4.72. The van der Waals surface area contributed by atoms with Gasteiger partial charge in [-0.2, -0.15) is 0 Å². The lowest BCUT2D eigenvalue weighted by atomic mass is 10.5. The molecule has 0 aliphatic heterocycles. The zero-order valence-corrected chi connectivity index (χ0v) is 20.8. The van der Waals surface area contributed by atoms with Gasteiger partial charge in [-0.25, -0.2) is 0 Å². The molecular weight excluding hydrogens is 396 g/mol. The molecule has 0 aromatic heterocycles. The second kappa shape index (κ2) is 19.6. The lowest BCUT2D eigenvalue weighted by Crippen LogP contribution is -2.46. The molecular formula is C19H42O7Si2. The number of rotatable bonds is 18. The average molecular weight is 439 g/mol. The van der Waals surface area contributed by atoms with Crippen LogP contribution in [0.25, 0.3) is 0 Å². The minimum atomic E-state index is -2.46. The van der Waals surface area contributed by atoms with Crippen LogP contribution in [0.15, 0.2) is 25.7 Å². The molecule has 0 unspecified atom stereocenters. The van der Waals surface area contributed by atoms with E-state index in [2.05, 4.69) is 13.2 Å². The van der Waals surface area contributed by atoms with E-state index in [4.69, 9.17) is 31.6 Å². The highest BCUT2D eigenvalue weighted by atomic mass is 28.4. The Kier molecular flexibility index (Phi) is 20.7. The van der Waals surface area contributed by atoms with E-state index >= 15 is 0 Å². The summed E-state index contributed by atoms with van der Waals surface area (Å²) in [5, 5.41) is 0. The van der Waals surface area contributed by atoms with Crippen LogP contribution in [0.2, 0.25) is 18.6 Å². The Morgan fingerprint density at radius 1 is 0.714 bits per heavy atom. The monoisotopic (exact) mass is 438 g/mol. The van der Waals surface area contributed by atoms with Crippen LogP contribution >= 0.6 is 0 Å². The van der Waals surface area contributed by atoms with Gasteiger partial charge in [0.2, 0.25) is 0 Å². The molecule has 0 aromatic rings. The highest BCUT2D eigenvalue weighted by molar-refractivity contribution is 6.65. The number of hydrogen-bond donors (Lipinski definition) is 0. The van der Waals surface area contributed by atoms with E-state index in [1.165, 1.54) is 12.5 Å². The van der Waals surface area contributed by atoms with Gasteiger partial charge in [0.25, 0.3) is 0 Å². The van der Waals surface area contributed by atoms with Crippen molar-refractivity contribution in [1.29, 1.82) is 0 Å². The number of ether oxygens (including phenoxy) is 2. The summed E-state index contributed by atoms with van der Waals surface area (Å²) in [4.78, 5) is 0. The van der Waals surface area contributed by atoms with Gasteiger partial charge in [-0.3, -0.25) is 0 Å². The van der Waals surface area contributed by atoms with Crippen LogP contribution in [0, 0.1) is 0 Å². The lowest BCUT2D eigenvalue weighted by Gasteiger charge is -2.28. The van der Waals surface area contributed by atoms with Crippen molar-refractivity contribution in [3.63, 3.8) is 0 Å². The molecule has 0 aliphatic rings. The van der Waals surface area contributed by atoms with E-state index in [1.807, 2.05) is 27.3 Å². The zero-order valence-electron chi connectivity index (χ0n) is 18.8. The van der Waals surface area contributed by atoms with E-state index in [0.717, 1.165) is 24.9 Å². The Hall–Kier alpha value is -0.686. The molecule has 168 valence electrons. The SMILES string of the molecule is C=COCCC[Si](C)(OC)OC.C=COCCC[Si](OCC)(OCC)OCC. The summed E-state index contributed by atoms with van der Waals surface area (Å²) in [5.41, 5.74) is 0. The average Bonchev–Trinajstić information content (AvgIpc) is 2.70. The molecule has 0 heterocycles. The summed E-state index contributed by atoms with van der Waals surface area (Å²) in [6, 6.07) is 1.74. The first-order valence-corrected chi connectivity index (χ1v) is 14.4. The van der Waals surface area contributed by atoms with Crippen molar-refractivity contribution in [3.05, 3.63) is 25.7 Å². The van der Waals surface area contributed by atoms with E-state index in [-0.39, 0.29) is 0 Å². The van der Waals surface area contributed by atoms with Gasteiger partial charge in [-0.1, -0.05) is 13.2 Å². The maximum absolute atomic E-state index is 5.70. The van der Waals surface area contributed by atoms with Gasteiger partial charge in [0.1, 0.15) is 0 Å². The quantitative estimate of drug-likeness (QED) is 0.177. The topological polar surface area (TPSA) is 64.6 Å². The van der Waals surface area contributed by atoms with Gasteiger partial charge in [0.15, 0.2) is 0 Å². The molecule has 0 spiro atoms. The maximum atomic E-state index is 5.70. The molecule has 0 aromatic carbocycles. The lowest BCUT2D eigenvalue weighted by molar-refractivity contribution is 0.0690. The van der Waals surface area contributed by atoms with Crippen LogP contribution in [0.4, 0.5) is 0 Å². The fourth-order valence-electron chi connectivity index (χ4n) is 2.30. The third kappa shape index (κ3) is 15.3. The van der Waals surface area contributed by atoms with Gasteiger partial charge in [0.05, 0.1) is 25.7 Å². The Morgan fingerprint density at radius 3 is 1.43 bits per heavy atom. The van der Waals surface area contributed by atoms with Crippen molar-refractivity contribution < 1.29 is 31.6 Å². The van der Waals surface area contributed by atoms with Crippen molar-refractivity contribution in [3.8, 4) is 0 Å². The molecule has 0 bridgehead atoms. The minimum absolute atomic E-state index is 0.620. The van der Waals surface area contributed by atoms with Crippen LogP contribution in [-0.2, 0) is 31.6 Å². The Bertz CT molecular complexity index is 349. The van der Waals surface area contributed by atoms with Gasteiger partial charge in [-0.15, -0.1) is 0 Å². The summed E-state index contributed by atoms with van der Waals surface area (Å²) >= 11 is 0. The minimum Gasteiger partial charge on any atom is -0.502 e. The molecule has 0 radical (unpaired) electrons. The van der Waals surface area contributed by atoms with Crippen LogP contribution in [0.5, 0.6) is 0 Å². The second-order valence-electron chi connectivity index (χ2n) is 5.81. The summed E-state index contributed by atoms with van der Waals surface area (Å²) in [5.74, 6) is 0.